The number of furan rings is 1. The average Bonchev–Trinajstić information content (AvgIpc) is 2.99. The molecule has 3 aromatic rings. The first-order valence-corrected chi connectivity index (χ1v) is 8.19. The first-order valence-electron chi connectivity index (χ1n) is 8.19. The molecule has 0 atom stereocenters. The number of hydrogen-bond acceptors (Lipinski definition) is 2. The zero-order valence-electron chi connectivity index (χ0n) is 13.3. The summed E-state index contributed by atoms with van der Waals surface area (Å²) in [5.41, 5.74) is 1.85. The molecule has 23 heavy (non-hydrogen) atoms. The van der Waals surface area contributed by atoms with Gasteiger partial charge < -0.3 is 14.2 Å². The van der Waals surface area contributed by atoms with Gasteiger partial charge in [0.05, 0.1) is 45.9 Å². The molecule has 1 saturated heterocycles. The predicted molar refractivity (Wildman–Crippen MR) is 90.6 cm³/mol. The van der Waals surface area contributed by atoms with Gasteiger partial charge in [-0.15, -0.1) is 0 Å². The van der Waals surface area contributed by atoms with Gasteiger partial charge in [0.1, 0.15) is 5.58 Å². The van der Waals surface area contributed by atoms with E-state index in [1.54, 1.807) is 6.26 Å². The minimum Gasteiger partial charge on any atom is -0.464 e. The van der Waals surface area contributed by atoms with Crippen molar-refractivity contribution in [2.24, 2.45) is 0 Å². The molecule has 1 fully saturated rings. The monoisotopic (exact) mass is 309 g/mol. The highest BCUT2D eigenvalue weighted by molar-refractivity contribution is 6.08. The molecule has 0 bridgehead atoms. The van der Waals surface area contributed by atoms with Crippen molar-refractivity contribution in [2.45, 2.75) is 6.42 Å². The molecule has 1 aliphatic heterocycles. The van der Waals surface area contributed by atoms with E-state index < -0.39 is 0 Å². The van der Waals surface area contributed by atoms with E-state index in [-0.39, 0.29) is 5.91 Å². The van der Waals surface area contributed by atoms with Crippen molar-refractivity contribution in [3.05, 3.63) is 48.2 Å². The Labute approximate surface area is 135 Å². The van der Waals surface area contributed by atoms with Gasteiger partial charge in [0.2, 0.25) is 5.91 Å². The molecule has 4 nitrogen and oxygen atoms in total. The molecule has 2 heterocycles. The third kappa shape index (κ3) is 2.59. The highest BCUT2D eigenvalue weighted by Gasteiger charge is 2.22. The third-order valence-corrected chi connectivity index (χ3v) is 4.85. The number of likely N-dealkylation sites (N-methyl/N-ethyl adjacent to an activating group) is 1. The molecule has 0 spiro atoms. The summed E-state index contributed by atoms with van der Waals surface area (Å²) >= 11 is 0. The molecule has 0 aliphatic carbocycles. The molecule has 4 heteroatoms. The second-order valence-electron chi connectivity index (χ2n) is 6.44. The van der Waals surface area contributed by atoms with Gasteiger partial charge in [-0.05, 0) is 16.8 Å². The Morgan fingerprint density at radius 2 is 1.96 bits per heavy atom. The van der Waals surface area contributed by atoms with Crippen molar-refractivity contribution in [3.8, 4) is 0 Å². The van der Waals surface area contributed by atoms with Crippen LogP contribution in [-0.4, -0.2) is 44.0 Å². The minimum atomic E-state index is 0.202. The van der Waals surface area contributed by atoms with Crippen LogP contribution < -0.4 is 4.90 Å². The number of quaternary nitrogens is 1. The highest BCUT2D eigenvalue weighted by Crippen LogP contribution is 2.30. The fourth-order valence-corrected chi connectivity index (χ4v) is 3.42. The Kier molecular flexibility index (Phi) is 3.54. The lowest BCUT2D eigenvalue weighted by atomic mass is 10.0. The predicted octanol–water partition coefficient (Wildman–Crippen LogP) is 1.49. The second kappa shape index (κ2) is 5.70. The van der Waals surface area contributed by atoms with E-state index in [4.69, 9.17) is 4.42 Å². The van der Waals surface area contributed by atoms with Crippen molar-refractivity contribution in [1.82, 2.24) is 4.90 Å². The van der Waals surface area contributed by atoms with Crippen LogP contribution in [0.2, 0.25) is 0 Å². The summed E-state index contributed by atoms with van der Waals surface area (Å²) < 4.78 is 5.69. The van der Waals surface area contributed by atoms with Gasteiger partial charge in [0.15, 0.2) is 0 Å². The van der Waals surface area contributed by atoms with Crippen LogP contribution in [0.3, 0.4) is 0 Å². The van der Waals surface area contributed by atoms with Gasteiger partial charge in [-0.3, -0.25) is 4.79 Å². The molecule has 0 saturated carbocycles. The van der Waals surface area contributed by atoms with Crippen molar-refractivity contribution >= 4 is 27.6 Å². The number of benzene rings is 2. The van der Waals surface area contributed by atoms with Crippen molar-refractivity contribution in [2.75, 3.05) is 33.2 Å². The van der Waals surface area contributed by atoms with Crippen LogP contribution in [0.15, 0.2) is 47.1 Å². The van der Waals surface area contributed by atoms with Crippen molar-refractivity contribution in [1.29, 1.82) is 0 Å². The van der Waals surface area contributed by atoms with Crippen LogP contribution in [0.5, 0.6) is 0 Å². The van der Waals surface area contributed by atoms with Crippen LogP contribution in [0.4, 0.5) is 0 Å². The normalized spacial score (nSPS) is 16.3. The van der Waals surface area contributed by atoms with Gasteiger partial charge in [0, 0.05) is 10.9 Å². The summed E-state index contributed by atoms with van der Waals surface area (Å²) in [5.74, 6) is 0.202. The van der Waals surface area contributed by atoms with Gasteiger partial charge in [-0.25, -0.2) is 0 Å². The molecule has 2 aromatic carbocycles. The van der Waals surface area contributed by atoms with Crippen molar-refractivity contribution < 1.29 is 14.1 Å². The zero-order valence-corrected chi connectivity index (χ0v) is 13.3. The Hall–Kier alpha value is -2.33. The molecule has 1 amide bonds. The van der Waals surface area contributed by atoms with Gasteiger partial charge >= 0.3 is 0 Å². The van der Waals surface area contributed by atoms with Gasteiger partial charge in [0.25, 0.3) is 0 Å². The molecule has 0 radical (unpaired) electrons. The number of carbonyl (C=O) groups excluding carboxylic acids is 1. The lowest BCUT2D eigenvalue weighted by Crippen LogP contribution is -3.12. The van der Waals surface area contributed by atoms with Crippen LogP contribution in [0.1, 0.15) is 5.56 Å². The Balaban J connectivity index is 1.66. The first-order chi connectivity index (χ1) is 11.2. The standard InChI is InChI=1S/C19H20N2O2/c1-20-8-10-21(11-9-20)18(22)12-15-13-23-17-7-6-14-4-2-3-5-16(14)19(15)17/h2-7,13H,8-12H2,1H3/p+1. The van der Waals surface area contributed by atoms with E-state index in [1.807, 2.05) is 23.1 Å². The second-order valence-corrected chi connectivity index (χ2v) is 6.44. The van der Waals surface area contributed by atoms with E-state index in [9.17, 15) is 4.79 Å². The number of fused-ring (bicyclic) bond motifs is 3. The number of hydrogen-bond donors (Lipinski definition) is 1. The maximum Gasteiger partial charge on any atom is 0.227 e. The van der Waals surface area contributed by atoms with Crippen LogP contribution in [-0.2, 0) is 11.2 Å². The largest absolute Gasteiger partial charge is 0.464 e. The summed E-state index contributed by atoms with van der Waals surface area (Å²) in [6.07, 6.45) is 2.16. The third-order valence-electron chi connectivity index (χ3n) is 4.85. The molecule has 1 N–H and O–H groups in total. The summed E-state index contributed by atoms with van der Waals surface area (Å²) in [6, 6.07) is 12.3. The molecule has 1 aromatic heterocycles. The zero-order chi connectivity index (χ0) is 15.8. The van der Waals surface area contributed by atoms with E-state index in [0.717, 1.165) is 48.1 Å². The molecular weight excluding hydrogens is 288 g/mol. The minimum absolute atomic E-state index is 0.202. The van der Waals surface area contributed by atoms with Gasteiger partial charge in [-0.1, -0.05) is 30.3 Å². The average molecular weight is 309 g/mol. The summed E-state index contributed by atoms with van der Waals surface area (Å²) in [7, 11) is 2.18. The molecule has 1 aliphatic rings. The number of rotatable bonds is 2. The van der Waals surface area contributed by atoms with Crippen LogP contribution >= 0.6 is 0 Å². The van der Waals surface area contributed by atoms with E-state index in [0.29, 0.717) is 6.42 Å². The molecule has 118 valence electrons. The van der Waals surface area contributed by atoms with E-state index >= 15 is 0 Å². The summed E-state index contributed by atoms with van der Waals surface area (Å²) in [6.45, 7) is 3.75. The number of nitrogens with zero attached hydrogens (tertiary/aromatic N) is 1. The molecule has 4 rings (SSSR count). The number of carbonyl (C=O) groups is 1. The fraction of sp³-hybridized carbons (Fsp3) is 0.316. The Morgan fingerprint density at radius 1 is 1.17 bits per heavy atom. The lowest BCUT2D eigenvalue weighted by Gasteiger charge is -2.30. The SMILES string of the molecule is C[NH+]1CCN(C(=O)Cc2coc3ccc4ccccc4c23)CC1. The maximum atomic E-state index is 12.6. The van der Waals surface area contributed by atoms with E-state index in [1.165, 1.54) is 10.3 Å². The number of piperazine rings is 1. The quantitative estimate of drug-likeness (QED) is 0.779. The van der Waals surface area contributed by atoms with Crippen LogP contribution in [0.25, 0.3) is 21.7 Å². The summed E-state index contributed by atoms with van der Waals surface area (Å²) in [4.78, 5) is 16.1. The van der Waals surface area contributed by atoms with Gasteiger partial charge in [-0.2, -0.15) is 0 Å². The van der Waals surface area contributed by atoms with E-state index in [2.05, 4.69) is 25.2 Å². The topological polar surface area (TPSA) is 37.9 Å². The lowest BCUT2D eigenvalue weighted by molar-refractivity contribution is -0.883. The number of nitrogens with one attached hydrogen (secondary N) is 1. The summed E-state index contributed by atoms with van der Waals surface area (Å²) in [5, 5.41) is 3.42. The number of amides is 1. The first kappa shape index (κ1) is 14.3. The van der Waals surface area contributed by atoms with Crippen molar-refractivity contribution in [3.63, 3.8) is 0 Å². The Bertz CT molecular complexity index is 860. The Morgan fingerprint density at radius 3 is 2.78 bits per heavy atom. The molecule has 0 unspecified atom stereocenters. The molecular formula is C19H21N2O2+. The smallest absolute Gasteiger partial charge is 0.227 e. The van der Waals surface area contributed by atoms with Crippen LogP contribution in [0, 0.1) is 0 Å². The maximum absolute atomic E-state index is 12.6. The fourth-order valence-electron chi connectivity index (χ4n) is 3.42. The highest BCUT2D eigenvalue weighted by atomic mass is 16.3.